The molecule has 1 aliphatic rings. The summed E-state index contributed by atoms with van der Waals surface area (Å²) in [7, 11) is 0. The molecule has 2 rings (SSSR count). The molecular weight excluding hydrogens is 203 g/mol. The van der Waals surface area contributed by atoms with E-state index in [1.807, 2.05) is 6.07 Å². The Balaban J connectivity index is 1.71. The van der Waals surface area contributed by atoms with E-state index in [1.165, 1.54) is 18.9 Å². The topological polar surface area (TPSA) is 24.1 Å². The van der Waals surface area contributed by atoms with E-state index < -0.39 is 0 Å². The summed E-state index contributed by atoms with van der Waals surface area (Å²) in [6, 6.07) is 7.49. The molecule has 0 unspecified atom stereocenters. The smallest absolute Gasteiger partial charge is 0.123 e. The molecule has 0 bridgehead atoms. The molecule has 0 aliphatic carbocycles. The summed E-state index contributed by atoms with van der Waals surface area (Å²) < 4.78 is 12.9. The fourth-order valence-corrected chi connectivity index (χ4v) is 2.14. The molecule has 0 aromatic heterocycles. The molecule has 1 aromatic carbocycles. The number of hydrogen-bond donors (Lipinski definition) is 2. The molecule has 1 saturated heterocycles. The Hall–Kier alpha value is -0.930. The highest BCUT2D eigenvalue weighted by Crippen LogP contribution is 2.05. The normalized spacial score (nSPS) is 17.6. The molecule has 0 radical (unpaired) electrons. The van der Waals surface area contributed by atoms with Gasteiger partial charge in [0.25, 0.3) is 0 Å². The lowest BCUT2D eigenvalue weighted by molar-refractivity contribution is 0.389. The molecule has 1 heterocycles. The first-order valence-corrected chi connectivity index (χ1v) is 6.03. The second-order valence-corrected chi connectivity index (χ2v) is 4.36. The number of halogens is 1. The fraction of sp³-hybridized carbons (Fsp3) is 0.538. The zero-order valence-electron chi connectivity index (χ0n) is 9.51. The number of nitrogens with one attached hydrogen (secondary N) is 2. The zero-order chi connectivity index (χ0) is 11.2. The van der Waals surface area contributed by atoms with Gasteiger partial charge in [-0.2, -0.15) is 0 Å². The zero-order valence-corrected chi connectivity index (χ0v) is 9.51. The fourth-order valence-electron chi connectivity index (χ4n) is 2.14. The van der Waals surface area contributed by atoms with Crippen molar-refractivity contribution in [2.45, 2.75) is 25.3 Å². The van der Waals surface area contributed by atoms with Gasteiger partial charge in [0, 0.05) is 6.04 Å². The van der Waals surface area contributed by atoms with E-state index in [4.69, 9.17) is 0 Å². The molecule has 1 aromatic rings. The van der Waals surface area contributed by atoms with Crippen LogP contribution in [-0.2, 0) is 6.42 Å². The minimum atomic E-state index is -0.139. The van der Waals surface area contributed by atoms with Crippen LogP contribution in [0.2, 0.25) is 0 Å². The van der Waals surface area contributed by atoms with Gasteiger partial charge in [-0.25, -0.2) is 4.39 Å². The van der Waals surface area contributed by atoms with Gasteiger partial charge in [-0.15, -0.1) is 0 Å². The Morgan fingerprint density at radius 3 is 2.88 bits per heavy atom. The van der Waals surface area contributed by atoms with Crippen molar-refractivity contribution in [2.75, 3.05) is 19.6 Å². The Morgan fingerprint density at radius 1 is 1.31 bits per heavy atom. The quantitative estimate of drug-likeness (QED) is 0.810. The van der Waals surface area contributed by atoms with E-state index in [2.05, 4.69) is 10.6 Å². The molecule has 1 fully saturated rings. The van der Waals surface area contributed by atoms with Gasteiger partial charge in [0.2, 0.25) is 0 Å². The van der Waals surface area contributed by atoms with Crippen LogP contribution in [0.5, 0.6) is 0 Å². The van der Waals surface area contributed by atoms with Crippen LogP contribution in [0.3, 0.4) is 0 Å². The number of rotatable bonds is 4. The van der Waals surface area contributed by atoms with Crippen molar-refractivity contribution < 1.29 is 4.39 Å². The molecule has 2 nitrogen and oxygen atoms in total. The predicted octanol–water partition coefficient (Wildman–Crippen LogP) is 1.71. The first kappa shape index (κ1) is 11.6. The third-order valence-corrected chi connectivity index (χ3v) is 3.07. The second kappa shape index (κ2) is 5.97. The Labute approximate surface area is 96.2 Å². The first-order chi connectivity index (χ1) is 7.84. The van der Waals surface area contributed by atoms with Gasteiger partial charge in [0.1, 0.15) is 5.82 Å². The summed E-state index contributed by atoms with van der Waals surface area (Å²) in [5, 5.41) is 6.87. The van der Waals surface area contributed by atoms with Gasteiger partial charge in [0.15, 0.2) is 0 Å². The van der Waals surface area contributed by atoms with E-state index in [-0.39, 0.29) is 5.82 Å². The van der Waals surface area contributed by atoms with E-state index >= 15 is 0 Å². The van der Waals surface area contributed by atoms with Crippen molar-refractivity contribution in [3.8, 4) is 0 Å². The summed E-state index contributed by atoms with van der Waals surface area (Å²) in [5.41, 5.74) is 1.07. The molecule has 2 N–H and O–H groups in total. The van der Waals surface area contributed by atoms with Crippen LogP contribution in [-0.4, -0.2) is 25.7 Å². The molecule has 1 aliphatic heterocycles. The summed E-state index contributed by atoms with van der Waals surface area (Å²) >= 11 is 0. The lowest BCUT2D eigenvalue weighted by Crippen LogP contribution is -2.40. The summed E-state index contributed by atoms with van der Waals surface area (Å²) in [6.45, 7) is 3.16. The van der Waals surface area contributed by atoms with Crippen LogP contribution in [0, 0.1) is 5.82 Å². The van der Waals surface area contributed by atoms with Crippen molar-refractivity contribution in [1.29, 1.82) is 0 Å². The maximum atomic E-state index is 12.9. The van der Waals surface area contributed by atoms with Crippen LogP contribution in [0.1, 0.15) is 18.4 Å². The number of benzene rings is 1. The Morgan fingerprint density at radius 2 is 2.12 bits per heavy atom. The largest absolute Gasteiger partial charge is 0.317 e. The van der Waals surface area contributed by atoms with Crippen molar-refractivity contribution in [3.05, 3.63) is 35.6 Å². The summed E-state index contributed by atoms with van der Waals surface area (Å²) in [4.78, 5) is 0. The molecule has 0 atom stereocenters. The third kappa shape index (κ3) is 3.58. The van der Waals surface area contributed by atoms with Gasteiger partial charge >= 0.3 is 0 Å². The van der Waals surface area contributed by atoms with Crippen LogP contribution in [0.15, 0.2) is 24.3 Å². The summed E-state index contributed by atoms with van der Waals surface area (Å²) in [6.07, 6.45) is 3.30. The number of hydrogen-bond acceptors (Lipinski definition) is 2. The maximum Gasteiger partial charge on any atom is 0.123 e. The van der Waals surface area contributed by atoms with Crippen LogP contribution < -0.4 is 10.6 Å². The molecule has 88 valence electrons. The predicted molar refractivity (Wildman–Crippen MR) is 64.0 cm³/mol. The number of piperidine rings is 1. The molecule has 0 spiro atoms. The Bertz CT molecular complexity index is 321. The van der Waals surface area contributed by atoms with Gasteiger partial charge in [-0.05, 0) is 56.6 Å². The second-order valence-electron chi connectivity index (χ2n) is 4.36. The molecule has 16 heavy (non-hydrogen) atoms. The average molecular weight is 222 g/mol. The lowest BCUT2D eigenvalue weighted by Gasteiger charge is -2.23. The van der Waals surface area contributed by atoms with Gasteiger partial charge in [-0.3, -0.25) is 0 Å². The van der Waals surface area contributed by atoms with Crippen LogP contribution in [0.25, 0.3) is 0 Å². The minimum Gasteiger partial charge on any atom is -0.317 e. The monoisotopic (exact) mass is 222 g/mol. The molecular formula is C13H19FN2. The van der Waals surface area contributed by atoms with Gasteiger partial charge in [0.05, 0.1) is 0 Å². The van der Waals surface area contributed by atoms with Crippen molar-refractivity contribution >= 4 is 0 Å². The highest BCUT2D eigenvalue weighted by molar-refractivity contribution is 5.16. The van der Waals surface area contributed by atoms with E-state index in [0.29, 0.717) is 6.04 Å². The standard InChI is InChI=1S/C13H19FN2/c14-12-3-1-2-11(10-12)4-9-16-13-5-7-15-8-6-13/h1-3,10,13,15-16H,4-9H2. The van der Waals surface area contributed by atoms with E-state index in [1.54, 1.807) is 12.1 Å². The SMILES string of the molecule is Fc1cccc(CCNC2CCNCC2)c1. The van der Waals surface area contributed by atoms with Crippen LogP contribution in [0.4, 0.5) is 4.39 Å². The maximum absolute atomic E-state index is 12.9. The lowest BCUT2D eigenvalue weighted by atomic mass is 10.1. The first-order valence-electron chi connectivity index (χ1n) is 6.03. The minimum absolute atomic E-state index is 0.139. The molecule has 0 amide bonds. The van der Waals surface area contributed by atoms with Gasteiger partial charge < -0.3 is 10.6 Å². The van der Waals surface area contributed by atoms with Gasteiger partial charge in [-0.1, -0.05) is 12.1 Å². The Kier molecular flexibility index (Phi) is 4.31. The van der Waals surface area contributed by atoms with E-state index in [0.717, 1.165) is 31.6 Å². The van der Waals surface area contributed by atoms with Crippen molar-refractivity contribution in [3.63, 3.8) is 0 Å². The molecule has 3 heteroatoms. The average Bonchev–Trinajstić information content (AvgIpc) is 2.30. The van der Waals surface area contributed by atoms with Crippen LogP contribution >= 0.6 is 0 Å². The third-order valence-electron chi connectivity index (χ3n) is 3.07. The highest BCUT2D eigenvalue weighted by atomic mass is 19.1. The van der Waals surface area contributed by atoms with Crippen molar-refractivity contribution in [1.82, 2.24) is 10.6 Å². The van der Waals surface area contributed by atoms with Crippen molar-refractivity contribution in [2.24, 2.45) is 0 Å². The molecule has 0 saturated carbocycles. The highest BCUT2D eigenvalue weighted by Gasteiger charge is 2.11. The van der Waals surface area contributed by atoms with E-state index in [9.17, 15) is 4.39 Å². The summed E-state index contributed by atoms with van der Waals surface area (Å²) in [5.74, 6) is -0.139.